The van der Waals surface area contributed by atoms with Crippen molar-refractivity contribution in [2.45, 2.75) is 11.8 Å². The van der Waals surface area contributed by atoms with E-state index < -0.39 is 0 Å². The Bertz CT molecular complexity index is 1090. The fourth-order valence-electron chi connectivity index (χ4n) is 2.68. The topological polar surface area (TPSA) is 69.0 Å². The molecule has 1 amide bonds. The number of rotatable bonds is 6. The lowest BCUT2D eigenvalue weighted by Crippen LogP contribution is -2.16. The Hall–Kier alpha value is -2.84. The molecule has 0 spiro atoms. The number of fused-ring (bicyclic) bond motifs is 1. The fourth-order valence-corrected chi connectivity index (χ4v) is 4.31. The molecule has 1 N–H and O–H groups in total. The normalized spacial score (nSPS) is 10.9. The second-order valence-electron chi connectivity index (χ2n) is 6.06. The molecule has 2 aromatic carbocycles. The van der Waals surface area contributed by atoms with Crippen molar-refractivity contribution in [2.75, 3.05) is 18.2 Å². The van der Waals surface area contributed by atoms with Crippen molar-refractivity contribution in [1.82, 2.24) is 14.8 Å². The van der Waals surface area contributed by atoms with Gasteiger partial charge in [-0.3, -0.25) is 4.79 Å². The maximum Gasteiger partial charge on any atom is 0.235 e. The van der Waals surface area contributed by atoms with Crippen molar-refractivity contribution in [3.8, 4) is 10.9 Å². The van der Waals surface area contributed by atoms with Gasteiger partial charge in [-0.25, -0.2) is 4.98 Å². The SMILES string of the molecule is COc1ccc(SCC(=O)Nc2cc(C)nn2-c2nc3ccccc3s2)cc1. The molecule has 2 aromatic heterocycles. The number of hydrogen-bond donors (Lipinski definition) is 1. The molecule has 142 valence electrons. The predicted molar refractivity (Wildman–Crippen MR) is 114 cm³/mol. The summed E-state index contributed by atoms with van der Waals surface area (Å²) < 4.78 is 7.92. The number of carbonyl (C=O) groups excluding carboxylic acids is 1. The van der Waals surface area contributed by atoms with Gasteiger partial charge in [-0.2, -0.15) is 9.78 Å². The van der Waals surface area contributed by atoms with Gasteiger partial charge < -0.3 is 10.1 Å². The zero-order valence-electron chi connectivity index (χ0n) is 15.4. The van der Waals surface area contributed by atoms with Crippen LogP contribution in [0, 0.1) is 6.92 Å². The Kier molecular flexibility index (Phi) is 5.31. The smallest absolute Gasteiger partial charge is 0.235 e. The standard InChI is InChI=1S/C20H18N4O2S2/c1-13-11-18(22-19(25)12-27-15-9-7-14(26-2)8-10-15)24(23-13)20-21-16-5-3-4-6-17(16)28-20/h3-11H,12H2,1-2H3,(H,22,25). The summed E-state index contributed by atoms with van der Waals surface area (Å²) in [5, 5.41) is 8.17. The Morgan fingerprint density at radius 3 is 2.75 bits per heavy atom. The Morgan fingerprint density at radius 1 is 1.21 bits per heavy atom. The highest BCUT2D eigenvalue weighted by Crippen LogP contribution is 2.27. The molecular weight excluding hydrogens is 392 g/mol. The van der Waals surface area contributed by atoms with Crippen molar-refractivity contribution in [2.24, 2.45) is 0 Å². The third kappa shape index (κ3) is 4.02. The lowest BCUT2D eigenvalue weighted by atomic mass is 10.3. The fraction of sp³-hybridized carbons (Fsp3) is 0.150. The van der Waals surface area contributed by atoms with E-state index in [9.17, 15) is 4.79 Å². The molecule has 0 bridgehead atoms. The molecule has 0 atom stereocenters. The van der Waals surface area contributed by atoms with Gasteiger partial charge in [0.25, 0.3) is 0 Å². The van der Waals surface area contributed by atoms with Crippen LogP contribution in [-0.2, 0) is 4.79 Å². The maximum absolute atomic E-state index is 12.5. The minimum Gasteiger partial charge on any atom is -0.497 e. The monoisotopic (exact) mass is 410 g/mol. The zero-order chi connectivity index (χ0) is 19.5. The summed E-state index contributed by atoms with van der Waals surface area (Å²) in [6.45, 7) is 1.89. The van der Waals surface area contributed by atoms with Gasteiger partial charge in [0.15, 0.2) is 0 Å². The molecule has 0 aliphatic rings. The molecule has 0 radical (unpaired) electrons. The van der Waals surface area contributed by atoms with E-state index in [0.29, 0.717) is 11.6 Å². The van der Waals surface area contributed by atoms with Crippen LogP contribution in [0.2, 0.25) is 0 Å². The second-order valence-corrected chi connectivity index (χ2v) is 8.12. The molecule has 0 saturated heterocycles. The van der Waals surface area contributed by atoms with E-state index in [0.717, 1.165) is 31.7 Å². The Balaban J connectivity index is 1.47. The number of nitrogens with zero attached hydrogens (tertiary/aromatic N) is 3. The van der Waals surface area contributed by atoms with Gasteiger partial charge in [0.05, 0.1) is 28.8 Å². The molecule has 28 heavy (non-hydrogen) atoms. The van der Waals surface area contributed by atoms with Crippen LogP contribution in [0.4, 0.5) is 5.82 Å². The van der Waals surface area contributed by atoms with Gasteiger partial charge in [0.1, 0.15) is 11.6 Å². The van der Waals surface area contributed by atoms with Gasteiger partial charge in [0, 0.05) is 11.0 Å². The van der Waals surface area contributed by atoms with Gasteiger partial charge in [-0.15, -0.1) is 11.8 Å². The summed E-state index contributed by atoms with van der Waals surface area (Å²) in [7, 11) is 1.63. The zero-order valence-corrected chi connectivity index (χ0v) is 17.0. The molecule has 0 fully saturated rings. The summed E-state index contributed by atoms with van der Waals surface area (Å²) in [5.74, 6) is 1.63. The van der Waals surface area contributed by atoms with Crippen LogP contribution in [-0.4, -0.2) is 33.5 Å². The Morgan fingerprint density at radius 2 is 2.00 bits per heavy atom. The summed E-state index contributed by atoms with van der Waals surface area (Å²) >= 11 is 3.01. The van der Waals surface area contributed by atoms with Crippen molar-refractivity contribution in [1.29, 1.82) is 0 Å². The number of nitrogens with one attached hydrogen (secondary N) is 1. The summed E-state index contributed by atoms with van der Waals surface area (Å²) in [6.07, 6.45) is 0. The summed E-state index contributed by atoms with van der Waals surface area (Å²) in [5.41, 5.74) is 1.74. The third-order valence-electron chi connectivity index (χ3n) is 3.99. The number of para-hydroxylation sites is 1. The molecule has 0 aliphatic heterocycles. The predicted octanol–water partition coefficient (Wildman–Crippen LogP) is 4.53. The number of anilines is 1. The number of benzene rings is 2. The molecule has 4 rings (SSSR count). The molecule has 2 heterocycles. The van der Waals surface area contributed by atoms with E-state index in [1.807, 2.05) is 61.5 Å². The maximum atomic E-state index is 12.5. The van der Waals surface area contributed by atoms with Crippen LogP contribution in [0.15, 0.2) is 59.5 Å². The summed E-state index contributed by atoms with van der Waals surface area (Å²) in [4.78, 5) is 18.1. The van der Waals surface area contributed by atoms with E-state index in [2.05, 4.69) is 15.4 Å². The minimum absolute atomic E-state index is 0.0944. The van der Waals surface area contributed by atoms with E-state index in [1.165, 1.54) is 23.1 Å². The summed E-state index contributed by atoms with van der Waals surface area (Å²) in [6, 6.07) is 17.4. The number of hydrogen-bond acceptors (Lipinski definition) is 6. The van der Waals surface area contributed by atoms with Gasteiger partial charge in [-0.05, 0) is 43.3 Å². The van der Waals surface area contributed by atoms with Crippen LogP contribution in [0.3, 0.4) is 0 Å². The van der Waals surface area contributed by atoms with E-state index >= 15 is 0 Å². The third-order valence-corrected chi connectivity index (χ3v) is 6.02. The lowest BCUT2D eigenvalue weighted by Gasteiger charge is -2.07. The first-order valence-electron chi connectivity index (χ1n) is 8.62. The van der Waals surface area contributed by atoms with E-state index in [1.54, 1.807) is 11.8 Å². The van der Waals surface area contributed by atoms with Crippen molar-refractivity contribution in [3.63, 3.8) is 0 Å². The highest BCUT2D eigenvalue weighted by Gasteiger charge is 2.14. The first kappa shape index (κ1) is 18.5. The number of amides is 1. The highest BCUT2D eigenvalue weighted by molar-refractivity contribution is 8.00. The number of ether oxygens (including phenoxy) is 1. The van der Waals surface area contributed by atoms with E-state index in [4.69, 9.17) is 4.74 Å². The van der Waals surface area contributed by atoms with Crippen molar-refractivity contribution in [3.05, 3.63) is 60.3 Å². The first-order valence-corrected chi connectivity index (χ1v) is 10.4. The second kappa shape index (κ2) is 8.04. The van der Waals surface area contributed by atoms with Crippen LogP contribution in [0.5, 0.6) is 5.75 Å². The molecular formula is C20H18N4O2S2. The average molecular weight is 411 g/mol. The van der Waals surface area contributed by atoms with Crippen LogP contribution < -0.4 is 10.1 Å². The largest absolute Gasteiger partial charge is 0.497 e. The van der Waals surface area contributed by atoms with Crippen molar-refractivity contribution >= 4 is 45.0 Å². The van der Waals surface area contributed by atoms with Crippen LogP contribution >= 0.6 is 23.1 Å². The lowest BCUT2D eigenvalue weighted by molar-refractivity contribution is -0.113. The molecule has 0 aliphatic carbocycles. The number of methoxy groups -OCH3 is 1. The number of aryl methyl sites for hydroxylation is 1. The molecule has 8 heteroatoms. The number of thiazole rings is 1. The molecule has 0 saturated carbocycles. The highest BCUT2D eigenvalue weighted by atomic mass is 32.2. The molecule has 0 unspecified atom stereocenters. The Labute approximate surface area is 170 Å². The van der Waals surface area contributed by atoms with Crippen LogP contribution in [0.1, 0.15) is 5.69 Å². The molecule has 6 nitrogen and oxygen atoms in total. The first-order chi connectivity index (χ1) is 13.6. The average Bonchev–Trinajstić information content (AvgIpc) is 3.29. The molecule has 4 aromatic rings. The van der Waals surface area contributed by atoms with Gasteiger partial charge in [-0.1, -0.05) is 23.5 Å². The van der Waals surface area contributed by atoms with Gasteiger partial charge in [0.2, 0.25) is 11.0 Å². The van der Waals surface area contributed by atoms with Gasteiger partial charge >= 0.3 is 0 Å². The number of carbonyl (C=O) groups is 1. The number of aromatic nitrogens is 3. The quantitative estimate of drug-likeness (QED) is 0.473. The minimum atomic E-state index is -0.0944. The van der Waals surface area contributed by atoms with Crippen molar-refractivity contribution < 1.29 is 9.53 Å². The van der Waals surface area contributed by atoms with E-state index in [-0.39, 0.29) is 5.91 Å². The van der Waals surface area contributed by atoms with Crippen LogP contribution in [0.25, 0.3) is 15.3 Å². The number of thioether (sulfide) groups is 1.